The van der Waals surface area contributed by atoms with Crippen molar-refractivity contribution >= 4 is 34.7 Å². The highest BCUT2D eigenvalue weighted by atomic mass is 19.4. The number of fused-ring (bicyclic) bond motifs is 1. The van der Waals surface area contributed by atoms with Crippen LogP contribution in [0.1, 0.15) is 16.1 Å². The van der Waals surface area contributed by atoms with Crippen LogP contribution in [0.3, 0.4) is 0 Å². The summed E-state index contributed by atoms with van der Waals surface area (Å²) in [4.78, 5) is 31.6. The van der Waals surface area contributed by atoms with Crippen LogP contribution in [-0.4, -0.2) is 36.7 Å². The predicted octanol–water partition coefficient (Wildman–Crippen LogP) is 5.13. The van der Waals surface area contributed by atoms with Crippen LogP contribution in [0.4, 0.5) is 39.5 Å². The Morgan fingerprint density at radius 2 is 1.82 bits per heavy atom. The Morgan fingerprint density at radius 3 is 2.49 bits per heavy atom. The minimum Gasteiger partial charge on any atom is -0.476 e. The van der Waals surface area contributed by atoms with Crippen LogP contribution >= 0.6 is 0 Å². The molecule has 2 amide bonds. The van der Waals surface area contributed by atoms with E-state index < -0.39 is 35.2 Å². The molecule has 0 unspecified atom stereocenters. The number of aromatic carboxylic acids is 1. The highest BCUT2D eigenvalue weighted by Gasteiger charge is 2.31. The highest BCUT2D eigenvalue weighted by molar-refractivity contribution is 6.01. The van der Waals surface area contributed by atoms with Gasteiger partial charge in [-0.15, -0.1) is 0 Å². The first kappa shape index (κ1) is 25.2. The fraction of sp³-hybridized carbons (Fsp3) is 0.0417. The molecular formula is C24H15F4N7O4. The van der Waals surface area contributed by atoms with Gasteiger partial charge in [-0.2, -0.15) is 18.3 Å². The van der Waals surface area contributed by atoms with Crippen molar-refractivity contribution < 1.29 is 36.7 Å². The lowest BCUT2D eigenvalue weighted by molar-refractivity contribution is -0.137. The Labute approximate surface area is 214 Å². The minimum absolute atomic E-state index is 0.0167. The SMILES string of the molecule is Nc1ncnn2cc(-c3nc(C(=O)O)co3)c(-c3ccc(NC(=O)Nc4cc(C(F)(F)F)ccc4F)cc3)c12. The number of nitrogens with one attached hydrogen (secondary N) is 2. The maximum absolute atomic E-state index is 14.0. The van der Waals surface area contributed by atoms with E-state index in [1.165, 1.54) is 29.2 Å². The molecule has 0 radical (unpaired) electrons. The van der Waals surface area contributed by atoms with Crippen molar-refractivity contribution in [3.63, 3.8) is 0 Å². The lowest BCUT2D eigenvalue weighted by atomic mass is 10.0. The molecule has 0 saturated carbocycles. The zero-order valence-electron chi connectivity index (χ0n) is 19.3. The van der Waals surface area contributed by atoms with Gasteiger partial charge in [0.05, 0.1) is 16.8 Å². The Morgan fingerprint density at radius 1 is 1.08 bits per heavy atom. The molecule has 2 aromatic carbocycles. The van der Waals surface area contributed by atoms with E-state index in [4.69, 9.17) is 10.2 Å². The molecule has 0 saturated heterocycles. The molecule has 11 nitrogen and oxygen atoms in total. The first-order chi connectivity index (χ1) is 18.5. The van der Waals surface area contributed by atoms with Gasteiger partial charge < -0.3 is 25.9 Å². The van der Waals surface area contributed by atoms with E-state index in [2.05, 4.69) is 25.7 Å². The number of alkyl halides is 3. The number of benzene rings is 2. The number of anilines is 3. The van der Waals surface area contributed by atoms with Crippen molar-refractivity contribution in [1.29, 1.82) is 0 Å². The second-order valence-electron chi connectivity index (χ2n) is 8.05. The number of rotatable bonds is 5. The second kappa shape index (κ2) is 9.44. The number of aromatic nitrogens is 4. The molecule has 0 aliphatic heterocycles. The summed E-state index contributed by atoms with van der Waals surface area (Å²) in [6.45, 7) is 0. The molecule has 5 aromatic rings. The van der Waals surface area contributed by atoms with Crippen LogP contribution in [0, 0.1) is 5.82 Å². The molecule has 0 bridgehead atoms. The number of hydrogen-bond donors (Lipinski definition) is 4. The molecule has 5 rings (SSSR count). The van der Waals surface area contributed by atoms with Gasteiger partial charge in [0.25, 0.3) is 0 Å². The van der Waals surface area contributed by atoms with E-state index in [1.807, 2.05) is 0 Å². The number of carboxylic acids is 1. The van der Waals surface area contributed by atoms with Gasteiger partial charge in [-0.25, -0.2) is 28.5 Å². The molecule has 39 heavy (non-hydrogen) atoms. The summed E-state index contributed by atoms with van der Waals surface area (Å²) in [7, 11) is 0. The van der Waals surface area contributed by atoms with Gasteiger partial charge in [0, 0.05) is 17.4 Å². The number of carboxylic acid groups (broad SMARTS) is 1. The quantitative estimate of drug-likeness (QED) is 0.223. The molecule has 0 spiro atoms. The van der Waals surface area contributed by atoms with Crippen LogP contribution in [0.25, 0.3) is 28.1 Å². The number of nitrogens with zero attached hydrogens (tertiary/aromatic N) is 4. The molecule has 0 atom stereocenters. The number of oxazole rings is 1. The largest absolute Gasteiger partial charge is 0.476 e. The van der Waals surface area contributed by atoms with E-state index in [1.54, 1.807) is 12.1 Å². The molecule has 3 heterocycles. The predicted molar refractivity (Wildman–Crippen MR) is 129 cm³/mol. The first-order valence-electron chi connectivity index (χ1n) is 10.9. The van der Waals surface area contributed by atoms with Gasteiger partial charge in [0.1, 0.15) is 23.9 Å². The van der Waals surface area contributed by atoms with E-state index in [9.17, 15) is 32.3 Å². The Balaban J connectivity index is 1.44. The third-order valence-electron chi connectivity index (χ3n) is 5.53. The average molecular weight is 541 g/mol. The van der Waals surface area contributed by atoms with Gasteiger partial charge in [0.2, 0.25) is 5.89 Å². The van der Waals surface area contributed by atoms with E-state index in [0.717, 1.165) is 6.26 Å². The Kier molecular flexibility index (Phi) is 6.10. The number of hydrogen-bond acceptors (Lipinski definition) is 7. The van der Waals surface area contributed by atoms with Crippen LogP contribution in [0.2, 0.25) is 0 Å². The Bertz CT molecular complexity index is 1730. The number of carbonyl (C=O) groups is 2. The normalized spacial score (nSPS) is 11.5. The number of carbonyl (C=O) groups excluding carboxylic acids is 1. The molecule has 15 heteroatoms. The summed E-state index contributed by atoms with van der Waals surface area (Å²) >= 11 is 0. The number of nitrogens with two attached hydrogens (primary N) is 1. The molecular weight excluding hydrogens is 526 g/mol. The third kappa shape index (κ3) is 4.92. The molecule has 0 aliphatic rings. The van der Waals surface area contributed by atoms with Crippen LogP contribution in [-0.2, 0) is 6.18 Å². The van der Waals surface area contributed by atoms with Crippen molar-refractivity contribution in [3.05, 3.63) is 78.3 Å². The first-order valence-corrected chi connectivity index (χ1v) is 10.9. The van der Waals surface area contributed by atoms with E-state index in [-0.39, 0.29) is 23.1 Å². The van der Waals surface area contributed by atoms with Crippen molar-refractivity contribution in [3.8, 4) is 22.6 Å². The summed E-state index contributed by atoms with van der Waals surface area (Å²) in [5.74, 6) is -2.23. The molecule has 3 aromatic heterocycles. The third-order valence-corrected chi connectivity index (χ3v) is 5.53. The summed E-state index contributed by atoms with van der Waals surface area (Å²) in [5, 5.41) is 17.8. The average Bonchev–Trinajstić information content (AvgIpc) is 3.51. The monoisotopic (exact) mass is 541 g/mol. The van der Waals surface area contributed by atoms with E-state index >= 15 is 0 Å². The van der Waals surface area contributed by atoms with Crippen LogP contribution in [0.15, 0.2) is 65.7 Å². The number of amides is 2. The fourth-order valence-corrected chi connectivity index (χ4v) is 3.79. The standard InChI is InChI=1S/C24H15F4N7O4/c25-15-6-3-12(24(26,27)28)7-16(15)34-23(38)32-13-4-1-11(2-5-13)18-14(21-33-17(9-39-21)22(36)37)8-35-19(18)20(29)30-10-31-35/h1-10H,(H,36,37)(H2,29,30,31)(H2,32,34,38). The van der Waals surface area contributed by atoms with Gasteiger partial charge in [0.15, 0.2) is 11.5 Å². The van der Waals surface area contributed by atoms with Crippen molar-refractivity contribution in [1.82, 2.24) is 19.6 Å². The highest BCUT2D eigenvalue weighted by Crippen LogP contribution is 2.38. The van der Waals surface area contributed by atoms with Crippen molar-refractivity contribution in [2.24, 2.45) is 0 Å². The van der Waals surface area contributed by atoms with Crippen LogP contribution < -0.4 is 16.4 Å². The summed E-state index contributed by atoms with van der Waals surface area (Å²) in [5.41, 5.74) is 5.93. The zero-order chi connectivity index (χ0) is 27.9. The lowest BCUT2D eigenvalue weighted by Crippen LogP contribution is -2.20. The second-order valence-corrected chi connectivity index (χ2v) is 8.05. The molecule has 198 valence electrons. The number of urea groups is 1. The van der Waals surface area contributed by atoms with E-state index in [0.29, 0.717) is 40.4 Å². The maximum atomic E-state index is 14.0. The summed E-state index contributed by atoms with van der Waals surface area (Å²) in [6.07, 6.45) is -0.971. The van der Waals surface area contributed by atoms with Gasteiger partial charge >= 0.3 is 18.2 Å². The van der Waals surface area contributed by atoms with Crippen LogP contribution in [0.5, 0.6) is 0 Å². The van der Waals surface area contributed by atoms with Crippen molar-refractivity contribution in [2.45, 2.75) is 6.18 Å². The minimum atomic E-state index is -4.71. The smallest absolute Gasteiger partial charge is 0.416 e. The maximum Gasteiger partial charge on any atom is 0.416 e. The summed E-state index contributed by atoms with van der Waals surface area (Å²) < 4.78 is 59.5. The zero-order valence-corrected chi connectivity index (χ0v) is 19.3. The summed E-state index contributed by atoms with van der Waals surface area (Å²) in [6, 6.07) is 6.79. The topological polar surface area (TPSA) is 161 Å². The number of halogens is 4. The van der Waals surface area contributed by atoms with Crippen molar-refractivity contribution in [2.75, 3.05) is 16.4 Å². The lowest BCUT2D eigenvalue weighted by Gasteiger charge is -2.12. The molecule has 0 aliphatic carbocycles. The Hall–Kier alpha value is -5.47. The number of nitrogen functional groups attached to an aromatic ring is 1. The van der Waals surface area contributed by atoms with Gasteiger partial charge in [-0.1, -0.05) is 12.1 Å². The van der Waals surface area contributed by atoms with Gasteiger partial charge in [-0.3, -0.25) is 0 Å². The molecule has 0 fully saturated rings. The molecule has 5 N–H and O–H groups in total. The fourth-order valence-electron chi connectivity index (χ4n) is 3.79. The van der Waals surface area contributed by atoms with Gasteiger partial charge in [-0.05, 0) is 35.9 Å².